The number of nitrogens with zero attached hydrogens (tertiary/aromatic N) is 1. The molecule has 1 aromatic carbocycles. The minimum absolute atomic E-state index is 0. The Kier molecular flexibility index (Phi) is 7.70. The number of rotatable bonds is 6. The van der Waals surface area contributed by atoms with E-state index in [1.807, 2.05) is 0 Å². The lowest BCUT2D eigenvalue weighted by Gasteiger charge is -2.18. The van der Waals surface area contributed by atoms with Crippen LogP contribution in [0.5, 0.6) is 5.75 Å². The van der Waals surface area contributed by atoms with E-state index in [-0.39, 0.29) is 37.8 Å². The summed E-state index contributed by atoms with van der Waals surface area (Å²) in [6.07, 6.45) is -4.60. The first-order valence-electron chi connectivity index (χ1n) is 7.66. The first-order chi connectivity index (χ1) is 11.7. The summed E-state index contributed by atoms with van der Waals surface area (Å²) in [7, 11) is 1.49. The highest BCUT2D eigenvalue weighted by molar-refractivity contribution is 5.91. The Morgan fingerprint density at radius 3 is 2.58 bits per heavy atom. The number of nitrogens with one attached hydrogen (secondary N) is 1. The number of carbonyl (C=O) groups is 2. The predicted octanol–water partition coefficient (Wildman–Crippen LogP) is 2.64. The summed E-state index contributed by atoms with van der Waals surface area (Å²) in [5, 5.41) is 11.6. The number of aliphatic carboxylic acids is 1. The van der Waals surface area contributed by atoms with E-state index in [9.17, 15) is 22.8 Å². The number of hydrogen-bond donors (Lipinski definition) is 2. The molecule has 0 saturated carbocycles. The summed E-state index contributed by atoms with van der Waals surface area (Å²) in [6.45, 7) is -0.564. The third kappa shape index (κ3) is 5.77. The molecule has 0 aliphatic carbocycles. The molecular formula is C16H20ClF3N2O4. The average molecular weight is 397 g/mol. The van der Waals surface area contributed by atoms with Gasteiger partial charge in [-0.25, -0.2) is 0 Å². The van der Waals surface area contributed by atoms with Gasteiger partial charge in [0.1, 0.15) is 5.75 Å². The fraction of sp³-hybridized carbons (Fsp3) is 0.500. The van der Waals surface area contributed by atoms with Crippen molar-refractivity contribution in [3.8, 4) is 5.75 Å². The van der Waals surface area contributed by atoms with Gasteiger partial charge in [0.25, 0.3) is 0 Å². The first-order valence-corrected chi connectivity index (χ1v) is 7.66. The Morgan fingerprint density at radius 2 is 2.04 bits per heavy atom. The topological polar surface area (TPSA) is 78.9 Å². The van der Waals surface area contributed by atoms with Crippen LogP contribution < -0.4 is 10.1 Å². The van der Waals surface area contributed by atoms with Crippen molar-refractivity contribution in [1.82, 2.24) is 4.90 Å². The van der Waals surface area contributed by atoms with Crippen LogP contribution >= 0.6 is 12.4 Å². The average Bonchev–Trinajstić information content (AvgIpc) is 2.98. The number of amides is 1. The number of benzene rings is 1. The fourth-order valence-electron chi connectivity index (χ4n) is 2.83. The molecule has 0 radical (unpaired) electrons. The van der Waals surface area contributed by atoms with E-state index < -0.39 is 30.5 Å². The van der Waals surface area contributed by atoms with E-state index in [0.717, 1.165) is 0 Å². The zero-order valence-corrected chi connectivity index (χ0v) is 14.8. The predicted molar refractivity (Wildman–Crippen MR) is 90.6 cm³/mol. The van der Waals surface area contributed by atoms with Gasteiger partial charge in [0.2, 0.25) is 5.91 Å². The van der Waals surface area contributed by atoms with Crippen LogP contribution in [0.3, 0.4) is 0 Å². The van der Waals surface area contributed by atoms with Crippen molar-refractivity contribution in [3.05, 3.63) is 24.3 Å². The smallest absolute Gasteiger partial charge is 0.393 e. The Labute approximate surface area is 154 Å². The largest absolute Gasteiger partial charge is 0.497 e. The summed E-state index contributed by atoms with van der Waals surface area (Å²) in [4.78, 5) is 24.3. The van der Waals surface area contributed by atoms with Gasteiger partial charge in [0.15, 0.2) is 0 Å². The maximum absolute atomic E-state index is 12.9. The minimum Gasteiger partial charge on any atom is -0.497 e. The van der Waals surface area contributed by atoms with Crippen molar-refractivity contribution < 1.29 is 32.6 Å². The van der Waals surface area contributed by atoms with E-state index in [1.165, 1.54) is 12.0 Å². The molecule has 0 spiro atoms. The van der Waals surface area contributed by atoms with Crippen LogP contribution in [-0.4, -0.2) is 54.8 Å². The van der Waals surface area contributed by atoms with E-state index in [2.05, 4.69) is 5.32 Å². The molecule has 0 bridgehead atoms. The number of hydrogen-bond acceptors (Lipinski definition) is 4. The molecule has 1 saturated heterocycles. The quantitative estimate of drug-likeness (QED) is 0.773. The van der Waals surface area contributed by atoms with Crippen LogP contribution in [0.1, 0.15) is 6.42 Å². The minimum atomic E-state index is -4.57. The van der Waals surface area contributed by atoms with Crippen LogP contribution in [0.4, 0.5) is 18.9 Å². The molecule has 2 N–H and O–H groups in total. The second kappa shape index (κ2) is 9.09. The molecule has 1 aromatic rings. The second-order valence-electron chi connectivity index (χ2n) is 5.88. The molecule has 26 heavy (non-hydrogen) atoms. The SMILES string of the molecule is COc1cccc(NC(=O)CCN2C[C@@H](C(F)(F)F)[C@H](C(=O)O)C2)c1.Cl. The van der Waals surface area contributed by atoms with Gasteiger partial charge in [-0.1, -0.05) is 6.07 Å². The number of carboxylic acid groups (broad SMARTS) is 1. The maximum atomic E-state index is 12.9. The van der Waals surface area contributed by atoms with Crippen molar-refractivity contribution in [2.75, 3.05) is 32.1 Å². The maximum Gasteiger partial charge on any atom is 0.393 e. The van der Waals surface area contributed by atoms with Crippen molar-refractivity contribution in [1.29, 1.82) is 0 Å². The lowest BCUT2D eigenvalue weighted by atomic mass is 9.96. The van der Waals surface area contributed by atoms with Gasteiger partial charge in [0.05, 0.1) is 18.9 Å². The number of alkyl halides is 3. The number of carbonyl (C=O) groups excluding carboxylic acids is 1. The van der Waals surface area contributed by atoms with Crippen LogP contribution in [0, 0.1) is 11.8 Å². The zero-order valence-electron chi connectivity index (χ0n) is 14.0. The molecule has 2 rings (SSSR count). The summed E-state index contributed by atoms with van der Waals surface area (Å²) in [5.41, 5.74) is 0.516. The van der Waals surface area contributed by atoms with Gasteiger partial charge in [0, 0.05) is 37.8 Å². The van der Waals surface area contributed by atoms with Crippen LogP contribution in [0.25, 0.3) is 0 Å². The van der Waals surface area contributed by atoms with E-state index in [0.29, 0.717) is 11.4 Å². The molecular weight excluding hydrogens is 377 g/mol. The summed E-state index contributed by atoms with van der Waals surface area (Å²) in [5.74, 6) is -4.68. The monoisotopic (exact) mass is 396 g/mol. The molecule has 1 heterocycles. The third-order valence-corrected chi connectivity index (χ3v) is 4.14. The number of ether oxygens (including phenoxy) is 1. The molecule has 10 heteroatoms. The molecule has 146 valence electrons. The van der Waals surface area contributed by atoms with E-state index in [4.69, 9.17) is 9.84 Å². The van der Waals surface area contributed by atoms with Gasteiger partial charge in [-0.15, -0.1) is 12.4 Å². The Bertz CT molecular complexity index is 642. The van der Waals surface area contributed by atoms with E-state index in [1.54, 1.807) is 24.3 Å². The van der Waals surface area contributed by atoms with Gasteiger partial charge < -0.3 is 20.1 Å². The normalized spacial score (nSPS) is 20.3. The third-order valence-electron chi connectivity index (χ3n) is 4.14. The molecule has 2 atom stereocenters. The Balaban J connectivity index is 0.00000338. The standard InChI is InChI=1S/C16H19F3N2O4.ClH/c1-25-11-4-2-3-10(7-11)20-14(22)5-6-21-8-12(15(23)24)13(9-21)16(17,18)19;/h2-4,7,12-13H,5-6,8-9H2,1H3,(H,20,22)(H,23,24);1H/t12-,13-;/m1./s1. The molecule has 1 aliphatic rings. The number of likely N-dealkylation sites (tertiary alicyclic amines) is 1. The highest BCUT2D eigenvalue weighted by Crippen LogP contribution is 2.37. The number of halogens is 4. The molecule has 6 nitrogen and oxygen atoms in total. The molecule has 0 unspecified atom stereocenters. The van der Waals surface area contributed by atoms with Gasteiger partial charge in [-0.3, -0.25) is 9.59 Å². The Morgan fingerprint density at radius 1 is 1.35 bits per heavy atom. The summed E-state index contributed by atoms with van der Waals surface area (Å²) in [6, 6.07) is 6.69. The molecule has 1 amide bonds. The summed E-state index contributed by atoms with van der Waals surface area (Å²) < 4.78 is 43.8. The van der Waals surface area contributed by atoms with Gasteiger partial charge in [-0.2, -0.15) is 13.2 Å². The Hall–Kier alpha value is -2.00. The highest BCUT2D eigenvalue weighted by Gasteiger charge is 2.52. The van der Waals surface area contributed by atoms with Crippen LogP contribution in [0.2, 0.25) is 0 Å². The van der Waals surface area contributed by atoms with Crippen molar-refractivity contribution in [2.24, 2.45) is 11.8 Å². The zero-order chi connectivity index (χ0) is 18.6. The van der Waals surface area contributed by atoms with Crippen molar-refractivity contribution in [3.63, 3.8) is 0 Å². The molecule has 0 aromatic heterocycles. The van der Waals surface area contributed by atoms with Crippen LogP contribution in [-0.2, 0) is 9.59 Å². The lowest BCUT2D eigenvalue weighted by Crippen LogP contribution is -2.33. The molecule has 1 aliphatic heterocycles. The fourth-order valence-corrected chi connectivity index (χ4v) is 2.83. The van der Waals surface area contributed by atoms with Gasteiger partial charge >= 0.3 is 12.1 Å². The summed E-state index contributed by atoms with van der Waals surface area (Å²) >= 11 is 0. The number of methoxy groups -OCH3 is 1. The highest BCUT2D eigenvalue weighted by atomic mass is 35.5. The van der Waals surface area contributed by atoms with Gasteiger partial charge in [-0.05, 0) is 12.1 Å². The lowest BCUT2D eigenvalue weighted by molar-refractivity contribution is -0.188. The molecule has 1 fully saturated rings. The first kappa shape index (κ1) is 22.0. The van der Waals surface area contributed by atoms with Crippen LogP contribution in [0.15, 0.2) is 24.3 Å². The van der Waals surface area contributed by atoms with E-state index >= 15 is 0 Å². The van der Waals surface area contributed by atoms with Crippen molar-refractivity contribution in [2.45, 2.75) is 12.6 Å². The van der Waals surface area contributed by atoms with Crippen molar-refractivity contribution >= 4 is 30.0 Å². The second-order valence-corrected chi connectivity index (χ2v) is 5.88. The number of anilines is 1. The number of carboxylic acids is 1.